The number of hydrogen-bond donors (Lipinski definition) is 2. The molecule has 9 nitrogen and oxygen atoms in total. The van der Waals surface area contributed by atoms with Crippen molar-refractivity contribution in [3.63, 3.8) is 0 Å². The van der Waals surface area contributed by atoms with E-state index in [-0.39, 0.29) is 31.2 Å². The second kappa shape index (κ2) is 9.73. The third kappa shape index (κ3) is 5.05. The molecule has 2 heterocycles. The second-order valence-corrected chi connectivity index (χ2v) is 6.79. The van der Waals surface area contributed by atoms with Crippen LogP contribution < -0.4 is 20.1 Å². The molecular weight excluding hydrogens is 388 g/mol. The highest BCUT2D eigenvalue weighted by Gasteiger charge is 2.37. The summed E-state index contributed by atoms with van der Waals surface area (Å²) in [6.07, 6.45) is 3.69. The first-order chi connectivity index (χ1) is 14.5. The second-order valence-electron chi connectivity index (χ2n) is 6.79. The number of carbonyl (C=O) groups is 3. The monoisotopic (exact) mass is 412 g/mol. The predicted octanol–water partition coefficient (Wildman–Crippen LogP) is 1.62. The Kier molecular flexibility index (Phi) is 6.84. The number of methoxy groups -OCH3 is 2. The quantitative estimate of drug-likeness (QED) is 0.606. The number of rotatable bonds is 9. The molecule has 0 aliphatic carbocycles. The smallest absolute Gasteiger partial charge is 0.325 e. The van der Waals surface area contributed by atoms with Crippen LogP contribution in [0.25, 0.3) is 0 Å². The van der Waals surface area contributed by atoms with Gasteiger partial charge in [-0.2, -0.15) is 0 Å². The zero-order valence-corrected chi connectivity index (χ0v) is 16.9. The minimum Gasteiger partial charge on any atom is -0.493 e. The van der Waals surface area contributed by atoms with Crippen molar-refractivity contribution in [3.05, 3.63) is 53.9 Å². The normalized spacial score (nSPS) is 15.7. The highest BCUT2D eigenvalue weighted by Crippen LogP contribution is 2.28. The zero-order chi connectivity index (χ0) is 21.5. The third-order valence-electron chi connectivity index (χ3n) is 4.77. The molecule has 3 rings (SSSR count). The number of imide groups is 1. The summed E-state index contributed by atoms with van der Waals surface area (Å²) < 4.78 is 10.5. The molecule has 9 heteroatoms. The molecule has 30 heavy (non-hydrogen) atoms. The SMILES string of the molecule is COc1ccc(CN2C(=O)NC(CCC(=O)NCc3cccnc3)C2=O)cc1OC. The molecule has 1 aliphatic heterocycles. The van der Waals surface area contributed by atoms with Crippen LogP contribution in [0, 0.1) is 0 Å². The predicted molar refractivity (Wildman–Crippen MR) is 108 cm³/mol. The molecule has 0 saturated carbocycles. The van der Waals surface area contributed by atoms with E-state index in [9.17, 15) is 14.4 Å². The molecule has 1 aliphatic rings. The highest BCUT2D eigenvalue weighted by atomic mass is 16.5. The van der Waals surface area contributed by atoms with Gasteiger partial charge < -0.3 is 20.1 Å². The Bertz CT molecular complexity index is 919. The van der Waals surface area contributed by atoms with Crippen molar-refractivity contribution in [1.82, 2.24) is 20.5 Å². The summed E-state index contributed by atoms with van der Waals surface area (Å²) in [6.45, 7) is 0.470. The minimum absolute atomic E-state index is 0.106. The molecule has 2 aromatic rings. The largest absolute Gasteiger partial charge is 0.493 e. The van der Waals surface area contributed by atoms with E-state index in [4.69, 9.17) is 9.47 Å². The first-order valence-electron chi connectivity index (χ1n) is 9.50. The fraction of sp³-hybridized carbons (Fsp3) is 0.333. The van der Waals surface area contributed by atoms with E-state index >= 15 is 0 Å². The molecule has 158 valence electrons. The van der Waals surface area contributed by atoms with E-state index in [2.05, 4.69) is 15.6 Å². The maximum Gasteiger partial charge on any atom is 0.325 e. The third-order valence-corrected chi connectivity index (χ3v) is 4.77. The van der Waals surface area contributed by atoms with Crippen LogP contribution >= 0.6 is 0 Å². The van der Waals surface area contributed by atoms with Gasteiger partial charge in [0, 0.05) is 25.4 Å². The van der Waals surface area contributed by atoms with Crippen molar-refractivity contribution in [2.45, 2.75) is 32.0 Å². The molecule has 0 bridgehead atoms. The van der Waals surface area contributed by atoms with Crippen LogP contribution in [-0.2, 0) is 22.7 Å². The fourth-order valence-electron chi connectivity index (χ4n) is 3.15. The van der Waals surface area contributed by atoms with Gasteiger partial charge in [0.15, 0.2) is 11.5 Å². The van der Waals surface area contributed by atoms with Crippen molar-refractivity contribution in [2.24, 2.45) is 0 Å². The Balaban J connectivity index is 1.52. The Morgan fingerprint density at radius 1 is 1.17 bits per heavy atom. The lowest BCUT2D eigenvalue weighted by Crippen LogP contribution is -2.32. The minimum atomic E-state index is -0.721. The van der Waals surface area contributed by atoms with Gasteiger partial charge in [0.25, 0.3) is 5.91 Å². The van der Waals surface area contributed by atoms with Crippen LogP contribution in [0.15, 0.2) is 42.7 Å². The van der Waals surface area contributed by atoms with Crippen molar-refractivity contribution in [2.75, 3.05) is 14.2 Å². The van der Waals surface area contributed by atoms with E-state index < -0.39 is 12.1 Å². The van der Waals surface area contributed by atoms with Crippen LogP contribution in [-0.4, -0.2) is 48.0 Å². The lowest BCUT2D eigenvalue weighted by atomic mass is 10.1. The Morgan fingerprint density at radius 3 is 2.67 bits per heavy atom. The molecule has 1 fully saturated rings. The standard InChI is InChI=1S/C21H24N4O5/c1-29-17-7-5-14(10-18(17)30-2)13-25-20(27)16(24-21(25)28)6-8-19(26)23-12-15-4-3-9-22-11-15/h3-5,7,9-11,16H,6,8,12-13H2,1-2H3,(H,23,26)(H,24,28). The first-order valence-corrected chi connectivity index (χ1v) is 9.50. The first kappa shape index (κ1) is 21.1. The lowest BCUT2D eigenvalue weighted by Gasteiger charge is -2.15. The summed E-state index contributed by atoms with van der Waals surface area (Å²) in [5.41, 5.74) is 1.61. The molecule has 1 aromatic heterocycles. The number of amides is 4. The lowest BCUT2D eigenvalue weighted by molar-refractivity contribution is -0.128. The maximum atomic E-state index is 12.6. The molecule has 1 saturated heterocycles. The number of carbonyl (C=O) groups excluding carboxylic acids is 3. The van der Waals surface area contributed by atoms with Crippen molar-refractivity contribution in [1.29, 1.82) is 0 Å². The van der Waals surface area contributed by atoms with Gasteiger partial charge in [-0.05, 0) is 35.7 Å². The molecule has 2 N–H and O–H groups in total. The van der Waals surface area contributed by atoms with Crippen molar-refractivity contribution < 1.29 is 23.9 Å². The number of hydrogen-bond acceptors (Lipinski definition) is 6. The van der Waals surface area contributed by atoms with E-state index in [0.29, 0.717) is 18.0 Å². The Hall–Kier alpha value is -3.62. The van der Waals surface area contributed by atoms with E-state index in [0.717, 1.165) is 16.0 Å². The molecular formula is C21H24N4O5. The number of urea groups is 1. The summed E-state index contributed by atoms with van der Waals surface area (Å²) in [6, 6.07) is 7.66. The summed E-state index contributed by atoms with van der Waals surface area (Å²) in [5, 5.41) is 5.43. The topological polar surface area (TPSA) is 110 Å². The number of benzene rings is 1. The van der Waals surface area contributed by atoms with E-state index in [1.807, 2.05) is 6.07 Å². The number of nitrogens with one attached hydrogen (secondary N) is 2. The van der Waals surface area contributed by atoms with Gasteiger partial charge >= 0.3 is 6.03 Å². The summed E-state index contributed by atoms with van der Waals surface area (Å²) in [7, 11) is 3.05. The van der Waals surface area contributed by atoms with Crippen LogP contribution in [0.4, 0.5) is 4.79 Å². The molecule has 0 radical (unpaired) electrons. The number of nitrogens with zero attached hydrogens (tertiary/aromatic N) is 2. The van der Waals surface area contributed by atoms with Gasteiger partial charge in [-0.25, -0.2) is 4.79 Å². The molecule has 4 amide bonds. The van der Waals surface area contributed by atoms with Gasteiger partial charge in [-0.1, -0.05) is 12.1 Å². The molecule has 1 atom stereocenters. The molecule has 1 unspecified atom stereocenters. The number of aromatic nitrogens is 1. The Labute approximate surface area is 174 Å². The fourth-order valence-corrected chi connectivity index (χ4v) is 3.15. The maximum absolute atomic E-state index is 12.6. The summed E-state index contributed by atoms with van der Waals surface area (Å²) in [5.74, 6) is 0.534. The van der Waals surface area contributed by atoms with Crippen LogP contribution in [0.2, 0.25) is 0 Å². The van der Waals surface area contributed by atoms with Crippen LogP contribution in [0.1, 0.15) is 24.0 Å². The van der Waals surface area contributed by atoms with Gasteiger partial charge in [0.1, 0.15) is 6.04 Å². The van der Waals surface area contributed by atoms with Gasteiger partial charge in [0.05, 0.1) is 20.8 Å². The molecule has 0 spiro atoms. The zero-order valence-electron chi connectivity index (χ0n) is 16.9. The van der Waals surface area contributed by atoms with Crippen LogP contribution in [0.3, 0.4) is 0 Å². The summed E-state index contributed by atoms with van der Waals surface area (Å²) >= 11 is 0. The average molecular weight is 412 g/mol. The molecule has 1 aromatic carbocycles. The number of ether oxygens (including phenoxy) is 2. The van der Waals surface area contributed by atoms with Crippen LogP contribution in [0.5, 0.6) is 11.5 Å². The van der Waals surface area contributed by atoms with Crippen molar-refractivity contribution >= 4 is 17.8 Å². The summed E-state index contributed by atoms with van der Waals surface area (Å²) in [4.78, 5) is 42.1. The van der Waals surface area contributed by atoms with E-state index in [1.165, 1.54) is 14.2 Å². The van der Waals surface area contributed by atoms with Gasteiger partial charge in [-0.3, -0.25) is 19.5 Å². The van der Waals surface area contributed by atoms with Crippen molar-refractivity contribution in [3.8, 4) is 11.5 Å². The average Bonchev–Trinajstić information content (AvgIpc) is 3.04. The Morgan fingerprint density at radius 2 is 1.97 bits per heavy atom. The van der Waals surface area contributed by atoms with E-state index in [1.54, 1.807) is 36.7 Å². The van der Waals surface area contributed by atoms with Gasteiger partial charge in [-0.15, -0.1) is 0 Å². The number of pyridine rings is 1. The van der Waals surface area contributed by atoms with Gasteiger partial charge in [0.2, 0.25) is 5.91 Å². The highest BCUT2D eigenvalue weighted by molar-refractivity contribution is 6.04.